The number of nitrogens with one attached hydrogen (secondary N) is 1. The quantitative estimate of drug-likeness (QED) is 0.901. The summed E-state index contributed by atoms with van der Waals surface area (Å²) in [6, 6.07) is 11.0. The molecule has 1 aliphatic heterocycles. The van der Waals surface area contributed by atoms with Crippen LogP contribution in [0.5, 0.6) is 0 Å². The van der Waals surface area contributed by atoms with Gasteiger partial charge >= 0.3 is 0 Å². The van der Waals surface area contributed by atoms with Crippen molar-refractivity contribution in [1.29, 1.82) is 5.26 Å². The zero-order chi connectivity index (χ0) is 14.6. The maximum absolute atomic E-state index is 9.62. The fourth-order valence-electron chi connectivity index (χ4n) is 2.69. The van der Waals surface area contributed by atoms with E-state index in [0.29, 0.717) is 0 Å². The molecular formula is C16H24N4. The van der Waals surface area contributed by atoms with Crippen LogP contribution in [0.3, 0.4) is 0 Å². The van der Waals surface area contributed by atoms with Gasteiger partial charge in [0, 0.05) is 52.4 Å². The van der Waals surface area contributed by atoms with Gasteiger partial charge in [-0.1, -0.05) is 12.1 Å². The van der Waals surface area contributed by atoms with Crippen molar-refractivity contribution >= 4 is 5.69 Å². The van der Waals surface area contributed by atoms with E-state index in [1.165, 1.54) is 11.3 Å². The lowest BCUT2D eigenvalue weighted by atomic mass is 9.91. The molecule has 0 amide bonds. The average molecular weight is 272 g/mol. The van der Waals surface area contributed by atoms with E-state index in [1.807, 2.05) is 14.1 Å². The molecule has 1 fully saturated rings. The Balaban J connectivity index is 2.10. The van der Waals surface area contributed by atoms with E-state index in [9.17, 15) is 5.26 Å². The van der Waals surface area contributed by atoms with Crippen LogP contribution in [0.25, 0.3) is 0 Å². The van der Waals surface area contributed by atoms with Crippen LogP contribution < -0.4 is 10.2 Å². The molecule has 0 bridgehead atoms. The summed E-state index contributed by atoms with van der Waals surface area (Å²) in [7, 11) is 4.07. The van der Waals surface area contributed by atoms with Crippen LogP contribution in [0.1, 0.15) is 12.5 Å². The van der Waals surface area contributed by atoms with Crippen LogP contribution in [-0.4, -0.2) is 50.7 Å². The Kier molecular flexibility index (Phi) is 4.64. The molecule has 0 saturated carbocycles. The van der Waals surface area contributed by atoms with Crippen LogP contribution in [0, 0.1) is 11.3 Å². The Bertz CT molecular complexity index is 468. The van der Waals surface area contributed by atoms with Crippen LogP contribution in [0.15, 0.2) is 24.3 Å². The van der Waals surface area contributed by atoms with E-state index in [0.717, 1.165) is 32.6 Å². The van der Waals surface area contributed by atoms with Crippen molar-refractivity contribution in [3.05, 3.63) is 29.8 Å². The van der Waals surface area contributed by atoms with Gasteiger partial charge in [-0.05, 0) is 24.6 Å². The summed E-state index contributed by atoms with van der Waals surface area (Å²) < 4.78 is 0. The average Bonchev–Trinajstić information content (AvgIpc) is 2.48. The molecule has 4 nitrogen and oxygen atoms in total. The molecule has 1 unspecified atom stereocenters. The maximum Gasteiger partial charge on any atom is 0.110 e. The predicted octanol–water partition coefficient (Wildman–Crippen LogP) is 1.48. The smallest absolute Gasteiger partial charge is 0.110 e. The lowest BCUT2D eigenvalue weighted by Gasteiger charge is -2.39. The molecule has 1 N–H and O–H groups in total. The Morgan fingerprint density at radius 3 is 2.35 bits per heavy atom. The SMILES string of the molecule is CN(C)c1ccc(CC(C)(C#N)N2CCNCC2)cc1. The summed E-state index contributed by atoms with van der Waals surface area (Å²) in [5, 5.41) is 13.0. The number of hydrogen-bond donors (Lipinski definition) is 1. The summed E-state index contributed by atoms with van der Waals surface area (Å²) in [5.74, 6) is 0. The zero-order valence-electron chi connectivity index (χ0n) is 12.7. The maximum atomic E-state index is 9.62. The highest BCUT2D eigenvalue weighted by atomic mass is 15.2. The number of piperazine rings is 1. The van der Waals surface area contributed by atoms with Crippen LogP contribution in [0.4, 0.5) is 5.69 Å². The minimum absolute atomic E-state index is 0.415. The minimum Gasteiger partial charge on any atom is -0.378 e. The Morgan fingerprint density at radius 1 is 1.25 bits per heavy atom. The molecule has 1 heterocycles. The Hall–Kier alpha value is -1.57. The van der Waals surface area contributed by atoms with Crippen molar-refractivity contribution in [1.82, 2.24) is 10.2 Å². The number of hydrogen-bond acceptors (Lipinski definition) is 4. The topological polar surface area (TPSA) is 42.3 Å². The van der Waals surface area contributed by atoms with Gasteiger partial charge in [0.2, 0.25) is 0 Å². The number of nitrogens with zero attached hydrogens (tertiary/aromatic N) is 3. The normalized spacial score (nSPS) is 19.1. The molecule has 1 aliphatic rings. The molecule has 0 aliphatic carbocycles. The third kappa shape index (κ3) is 3.30. The number of anilines is 1. The summed E-state index contributed by atoms with van der Waals surface area (Å²) in [5.41, 5.74) is 2.00. The highest BCUT2D eigenvalue weighted by molar-refractivity contribution is 5.46. The largest absolute Gasteiger partial charge is 0.378 e. The molecule has 0 aromatic heterocycles. The highest BCUT2D eigenvalue weighted by Gasteiger charge is 2.32. The minimum atomic E-state index is -0.415. The van der Waals surface area contributed by atoms with Gasteiger partial charge in [0.15, 0.2) is 0 Å². The van der Waals surface area contributed by atoms with Gasteiger partial charge < -0.3 is 10.2 Å². The van der Waals surface area contributed by atoms with Gasteiger partial charge in [0.05, 0.1) is 6.07 Å². The van der Waals surface area contributed by atoms with E-state index >= 15 is 0 Å². The fourth-order valence-corrected chi connectivity index (χ4v) is 2.69. The summed E-state index contributed by atoms with van der Waals surface area (Å²) in [4.78, 5) is 4.38. The van der Waals surface area contributed by atoms with E-state index in [1.54, 1.807) is 0 Å². The summed E-state index contributed by atoms with van der Waals surface area (Å²) in [6.07, 6.45) is 0.775. The van der Waals surface area contributed by atoms with E-state index in [4.69, 9.17) is 0 Å². The third-order valence-corrected chi connectivity index (χ3v) is 4.06. The Labute approximate surface area is 122 Å². The van der Waals surface area contributed by atoms with E-state index in [-0.39, 0.29) is 0 Å². The molecule has 1 aromatic carbocycles. The van der Waals surface area contributed by atoms with Gasteiger partial charge in [-0.15, -0.1) is 0 Å². The lowest BCUT2D eigenvalue weighted by molar-refractivity contribution is 0.132. The third-order valence-electron chi connectivity index (χ3n) is 4.06. The van der Waals surface area contributed by atoms with E-state index < -0.39 is 5.54 Å². The van der Waals surface area contributed by atoms with Gasteiger partial charge in [0.1, 0.15) is 5.54 Å². The van der Waals surface area contributed by atoms with Gasteiger partial charge in [0.25, 0.3) is 0 Å². The van der Waals surface area contributed by atoms with Gasteiger partial charge in [-0.2, -0.15) is 5.26 Å². The predicted molar refractivity (Wildman–Crippen MR) is 82.9 cm³/mol. The second kappa shape index (κ2) is 6.25. The first-order valence-corrected chi connectivity index (χ1v) is 7.18. The van der Waals surface area contributed by atoms with Crippen molar-refractivity contribution < 1.29 is 0 Å². The Morgan fingerprint density at radius 2 is 1.85 bits per heavy atom. The van der Waals surface area contributed by atoms with Gasteiger partial charge in [-0.25, -0.2) is 0 Å². The molecule has 1 saturated heterocycles. The van der Waals surface area contributed by atoms with Crippen molar-refractivity contribution in [2.24, 2.45) is 0 Å². The second-order valence-electron chi connectivity index (χ2n) is 5.86. The standard InChI is InChI=1S/C16H24N4/c1-16(13-17,20-10-8-18-9-11-20)12-14-4-6-15(7-5-14)19(2)3/h4-7,18H,8-12H2,1-3H3. The van der Waals surface area contributed by atoms with Crippen molar-refractivity contribution in [2.75, 3.05) is 45.2 Å². The molecule has 1 atom stereocenters. The summed E-state index contributed by atoms with van der Waals surface area (Å²) >= 11 is 0. The first-order valence-electron chi connectivity index (χ1n) is 7.18. The molecule has 0 radical (unpaired) electrons. The van der Waals surface area contributed by atoms with Crippen LogP contribution in [-0.2, 0) is 6.42 Å². The molecule has 20 heavy (non-hydrogen) atoms. The van der Waals surface area contributed by atoms with Gasteiger partial charge in [-0.3, -0.25) is 4.90 Å². The molecule has 0 spiro atoms. The molecule has 4 heteroatoms. The fraction of sp³-hybridized carbons (Fsp3) is 0.562. The first-order chi connectivity index (χ1) is 9.55. The zero-order valence-corrected chi connectivity index (χ0v) is 12.7. The van der Waals surface area contributed by atoms with Crippen molar-refractivity contribution in [3.63, 3.8) is 0 Å². The monoisotopic (exact) mass is 272 g/mol. The van der Waals surface area contributed by atoms with Crippen molar-refractivity contribution in [3.8, 4) is 6.07 Å². The molecule has 1 aromatic rings. The van der Waals surface area contributed by atoms with Crippen LogP contribution in [0.2, 0.25) is 0 Å². The van der Waals surface area contributed by atoms with E-state index in [2.05, 4.69) is 52.4 Å². The first kappa shape index (κ1) is 14.8. The molecular weight excluding hydrogens is 248 g/mol. The highest BCUT2D eigenvalue weighted by Crippen LogP contribution is 2.22. The summed E-state index contributed by atoms with van der Waals surface area (Å²) in [6.45, 7) is 5.88. The van der Waals surface area contributed by atoms with Crippen molar-refractivity contribution in [2.45, 2.75) is 18.9 Å². The molecule has 2 rings (SSSR count). The van der Waals surface area contributed by atoms with Crippen LogP contribution >= 0.6 is 0 Å². The second-order valence-corrected chi connectivity index (χ2v) is 5.86. The number of rotatable bonds is 4. The lowest BCUT2D eigenvalue weighted by Crippen LogP contribution is -2.55. The number of nitriles is 1. The molecule has 108 valence electrons. The number of benzene rings is 1.